The van der Waals surface area contributed by atoms with Crippen LogP contribution in [0.1, 0.15) is 51.6 Å². The number of hydrogen-bond donors (Lipinski definition) is 1. The molecule has 1 aromatic carbocycles. The summed E-state index contributed by atoms with van der Waals surface area (Å²) < 4.78 is 15.8. The number of aldehydes is 1. The first-order valence-corrected chi connectivity index (χ1v) is 10.2. The van der Waals surface area contributed by atoms with Crippen LogP contribution >= 0.6 is 0 Å². The first-order chi connectivity index (χ1) is 14.0. The van der Waals surface area contributed by atoms with Crippen molar-refractivity contribution < 1.29 is 28.6 Å². The lowest BCUT2D eigenvalue weighted by molar-refractivity contribution is -0.168. The van der Waals surface area contributed by atoms with Gasteiger partial charge in [-0.15, -0.1) is 0 Å². The molecule has 7 heteroatoms. The van der Waals surface area contributed by atoms with E-state index in [0.717, 1.165) is 24.7 Å². The molecule has 3 atom stereocenters. The second-order valence-corrected chi connectivity index (χ2v) is 7.11. The quantitative estimate of drug-likeness (QED) is 0.364. The van der Waals surface area contributed by atoms with Gasteiger partial charge in [0.1, 0.15) is 12.0 Å². The Labute approximate surface area is 172 Å². The van der Waals surface area contributed by atoms with Crippen LogP contribution in [-0.2, 0) is 23.9 Å². The standard InChI is InChI=1S/C22H31NO6/c1-5-8-9-18-17(14-24)19(15-10-12-16(27-4)13-11-15)23-22(18,20(25)28-6-2)21(26)29-7-3/h10-14,17-19,23H,5-9H2,1-4H3/t17-,18-,19-/m1/s1. The highest BCUT2D eigenvalue weighted by Gasteiger charge is 2.64. The van der Waals surface area contributed by atoms with Crippen LogP contribution in [0.3, 0.4) is 0 Å². The number of nitrogens with one attached hydrogen (secondary N) is 1. The summed E-state index contributed by atoms with van der Waals surface area (Å²) in [6.07, 6.45) is 3.00. The van der Waals surface area contributed by atoms with Gasteiger partial charge in [0, 0.05) is 17.9 Å². The van der Waals surface area contributed by atoms with Gasteiger partial charge in [0.2, 0.25) is 5.54 Å². The molecule has 0 saturated carbocycles. The minimum Gasteiger partial charge on any atom is -0.497 e. The summed E-state index contributed by atoms with van der Waals surface area (Å²) in [4.78, 5) is 38.3. The van der Waals surface area contributed by atoms with E-state index in [4.69, 9.17) is 14.2 Å². The largest absolute Gasteiger partial charge is 0.497 e. The Kier molecular flexibility index (Phi) is 8.20. The fraction of sp³-hybridized carbons (Fsp3) is 0.591. The van der Waals surface area contributed by atoms with E-state index < -0.39 is 35.4 Å². The molecule has 0 aliphatic carbocycles. The Morgan fingerprint density at radius 2 is 1.66 bits per heavy atom. The van der Waals surface area contributed by atoms with Crippen LogP contribution < -0.4 is 10.1 Å². The SMILES string of the molecule is CCCC[C@@H]1[C@@H](C=O)[C@@H](c2ccc(OC)cc2)NC1(C(=O)OCC)C(=O)OCC. The van der Waals surface area contributed by atoms with Crippen molar-refractivity contribution in [1.29, 1.82) is 0 Å². The van der Waals surface area contributed by atoms with Crippen molar-refractivity contribution in [2.24, 2.45) is 11.8 Å². The highest BCUT2D eigenvalue weighted by Crippen LogP contribution is 2.46. The Hall–Kier alpha value is -2.41. The van der Waals surface area contributed by atoms with Gasteiger partial charge in [-0.1, -0.05) is 31.9 Å². The molecule has 0 spiro atoms. The van der Waals surface area contributed by atoms with E-state index in [1.807, 2.05) is 19.1 Å². The number of carbonyl (C=O) groups is 3. The predicted octanol–water partition coefficient (Wildman–Crippen LogP) is 2.83. The molecule has 1 aliphatic heterocycles. The summed E-state index contributed by atoms with van der Waals surface area (Å²) in [5.41, 5.74) is -0.919. The van der Waals surface area contributed by atoms with E-state index in [0.29, 0.717) is 12.2 Å². The van der Waals surface area contributed by atoms with Crippen LogP contribution in [-0.4, -0.2) is 44.1 Å². The summed E-state index contributed by atoms with van der Waals surface area (Å²) in [5.74, 6) is -1.85. The van der Waals surface area contributed by atoms with Gasteiger partial charge in [-0.05, 0) is 38.0 Å². The lowest BCUT2D eigenvalue weighted by atomic mass is 9.75. The minimum absolute atomic E-state index is 0.126. The van der Waals surface area contributed by atoms with Crippen molar-refractivity contribution in [3.8, 4) is 5.75 Å². The fourth-order valence-electron chi connectivity index (χ4n) is 4.09. The molecule has 0 unspecified atom stereocenters. The number of benzene rings is 1. The van der Waals surface area contributed by atoms with Gasteiger partial charge >= 0.3 is 11.9 Å². The van der Waals surface area contributed by atoms with Crippen LogP contribution in [0.4, 0.5) is 0 Å². The Morgan fingerprint density at radius 1 is 1.07 bits per heavy atom. The number of esters is 2. The maximum atomic E-state index is 13.1. The molecule has 2 rings (SSSR count). The molecule has 7 nitrogen and oxygen atoms in total. The molecule has 0 aromatic heterocycles. The topological polar surface area (TPSA) is 90.9 Å². The third kappa shape index (κ3) is 4.45. The lowest BCUT2D eigenvalue weighted by Crippen LogP contribution is -2.60. The van der Waals surface area contributed by atoms with Crippen LogP contribution in [0.25, 0.3) is 0 Å². The molecule has 0 amide bonds. The number of methoxy groups -OCH3 is 1. The Bertz CT molecular complexity index is 684. The van der Waals surface area contributed by atoms with Gasteiger partial charge in [-0.3, -0.25) is 5.32 Å². The van der Waals surface area contributed by atoms with Crippen molar-refractivity contribution in [3.63, 3.8) is 0 Å². The number of ether oxygens (including phenoxy) is 3. The molecule has 0 radical (unpaired) electrons. The second kappa shape index (κ2) is 10.4. The molecule has 1 N–H and O–H groups in total. The highest BCUT2D eigenvalue weighted by molar-refractivity contribution is 6.06. The van der Waals surface area contributed by atoms with Gasteiger partial charge in [-0.25, -0.2) is 9.59 Å². The molecular weight excluding hydrogens is 374 g/mol. The summed E-state index contributed by atoms with van der Waals surface area (Å²) in [6, 6.07) is 6.71. The molecule has 1 aliphatic rings. The van der Waals surface area contributed by atoms with Crippen molar-refractivity contribution in [2.45, 2.75) is 51.6 Å². The number of carbonyl (C=O) groups excluding carboxylic acids is 3. The summed E-state index contributed by atoms with van der Waals surface area (Å²) in [6.45, 7) is 5.65. The average molecular weight is 405 g/mol. The van der Waals surface area contributed by atoms with Crippen LogP contribution in [0, 0.1) is 11.8 Å². The van der Waals surface area contributed by atoms with Gasteiger partial charge in [0.15, 0.2) is 0 Å². The zero-order valence-corrected chi connectivity index (χ0v) is 17.6. The average Bonchev–Trinajstić information content (AvgIpc) is 3.08. The molecule has 1 saturated heterocycles. The smallest absolute Gasteiger partial charge is 0.338 e. The molecule has 0 bridgehead atoms. The predicted molar refractivity (Wildman–Crippen MR) is 107 cm³/mol. The maximum absolute atomic E-state index is 13.1. The molecule has 160 valence electrons. The van der Waals surface area contributed by atoms with Crippen LogP contribution in [0.5, 0.6) is 5.75 Å². The zero-order valence-electron chi connectivity index (χ0n) is 17.6. The monoisotopic (exact) mass is 405 g/mol. The molecule has 1 heterocycles. The summed E-state index contributed by atoms with van der Waals surface area (Å²) >= 11 is 0. The van der Waals surface area contributed by atoms with Gasteiger partial charge < -0.3 is 19.0 Å². The lowest BCUT2D eigenvalue weighted by Gasteiger charge is -2.31. The number of unbranched alkanes of at least 4 members (excludes halogenated alkanes) is 1. The van der Waals surface area contributed by atoms with E-state index in [1.54, 1.807) is 33.1 Å². The number of hydrogen-bond acceptors (Lipinski definition) is 7. The van der Waals surface area contributed by atoms with Crippen molar-refractivity contribution in [3.05, 3.63) is 29.8 Å². The van der Waals surface area contributed by atoms with E-state index in [-0.39, 0.29) is 13.2 Å². The highest BCUT2D eigenvalue weighted by atomic mass is 16.6. The first-order valence-electron chi connectivity index (χ1n) is 10.2. The van der Waals surface area contributed by atoms with Crippen LogP contribution in [0.2, 0.25) is 0 Å². The third-order valence-corrected chi connectivity index (χ3v) is 5.48. The molecule has 1 aromatic rings. The molecule has 1 fully saturated rings. The van der Waals surface area contributed by atoms with E-state index in [9.17, 15) is 14.4 Å². The second-order valence-electron chi connectivity index (χ2n) is 7.11. The molecule has 29 heavy (non-hydrogen) atoms. The maximum Gasteiger partial charge on any atom is 0.338 e. The minimum atomic E-state index is -1.71. The van der Waals surface area contributed by atoms with Crippen LogP contribution in [0.15, 0.2) is 24.3 Å². The Morgan fingerprint density at radius 3 is 2.10 bits per heavy atom. The van der Waals surface area contributed by atoms with E-state index >= 15 is 0 Å². The van der Waals surface area contributed by atoms with Gasteiger partial charge in [-0.2, -0.15) is 0 Å². The summed E-state index contributed by atoms with van der Waals surface area (Å²) in [7, 11) is 1.57. The number of rotatable bonds is 10. The van der Waals surface area contributed by atoms with E-state index in [1.165, 1.54) is 0 Å². The fourth-order valence-corrected chi connectivity index (χ4v) is 4.09. The Balaban J connectivity index is 2.56. The molecular formula is C22H31NO6. The van der Waals surface area contributed by atoms with Crippen molar-refractivity contribution in [2.75, 3.05) is 20.3 Å². The zero-order chi connectivity index (χ0) is 21.4. The normalized spacial score (nSPS) is 22.7. The van der Waals surface area contributed by atoms with E-state index in [2.05, 4.69) is 5.32 Å². The third-order valence-electron chi connectivity index (χ3n) is 5.48. The van der Waals surface area contributed by atoms with Crippen molar-refractivity contribution >= 4 is 18.2 Å². The van der Waals surface area contributed by atoms with Crippen molar-refractivity contribution in [1.82, 2.24) is 5.32 Å². The van der Waals surface area contributed by atoms with Gasteiger partial charge in [0.05, 0.1) is 20.3 Å². The summed E-state index contributed by atoms with van der Waals surface area (Å²) in [5, 5.41) is 3.17. The van der Waals surface area contributed by atoms with Gasteiger partial charge in [0.25, 0.3) is 0 Å². The first kappa shape index (κ1) is 22.9.